The number of nitrogens with zero attached hydrogens (tertiary/aromatic N) is 2. The number of amides is 1. The third-order valence-electron chi connectivity index (χ3n) is 3.19. The number of benzene rings is 1. The summed E-state index contributed by atoms with van der Waals surface area (Å²) in [5, 5.41) is 11.5. The highest BCUT2D eigenvalue weighted by atomic mass is 16.5. The predicted octanol–water partition coefficient (Wildman–Crippen LogP) is 1.13. The monoisotopic (exact) mass is 308 g/mol. The Labute approximate surface area is 129 Å². The summed E-state index contributed by atoms with van der Waals surface area (Å²) >= 11 is 0. The Bertz CT molecular complexity index is 527. The molecule has 22 heavy (non-hydrogen) atoms. The number of oxime groups is 1. The summed E-state index contributed by atoms with van der Waals surface area (Å²) in [5.74, 6) is 0.917. The van der Waals surface area contributed by atoms with E-state index in [-0.39, 0.29) is 12.5 Å². The van der Waals surface area contributed by atoms with Crippen molar-refractivity contribution >= 4 is 12.1 Å². The second-order valence-corrected chi connectivity index (χ2v) is 4.67. The highest BCUT2D eigenvalue weighted by molar-refractivity contribution is 5.81. The predicted molar refractivity (Wildman–Crippen MR) is 79.9 cm³/mol. The molecule has 0 aliphatic carbocycles. The molecular formula is C15H20N2O5. The fourth-order valence-corrected chi connectivity index (χ4v) is 2.10. The summed E-state index contributed by atoms with van der Waals surface area (Å²) in [6.07, 6.45) is 1.30. The SMILES string of the molecule is CCOc1cc(/C=N/O)ccc1OCC(=O)N1CCOCC1. The van der Waals surface area contributed by atoms with Gasteiger partial charge < -0.3 is 24.3 Å². The average molecular weight is 308 g/mol. The molecule has 7 nitrogen and oxygen atoms in total. The lowest BCUT2D eigenvalue weighted by Crippen LogP contribution is -2.43. The minimum Gasteiger partial charge on any atom is -0.490 e. The van der Waals surface area contributed by atoms with Crippen molar-refractivity contribution in [3.63, 3.8) is 0 Å². The first-order valence-electron chi connectivity index (χ1n) is 7.17. The summed E-state index contributed by atoms with van der Waals surface area (Å²) in [5.41, 5.74) is 0.679. The van der Waals surface area contributed by atoms with Gasteiger partial charge in [0.05, 0.1) is 26.0 Å². The molecule has 0 atom stereocenters. The van der Waals surface area contributed by atoms with Crippen LogP contribution in [-0.2, 0) is 9.53 Å². The van der Waals surface area contributed by atoms with Gasteiger partial charge in [-0.05, 0) is 25.1 Å². The van der Waals surface area contributed by atoms with Crippen LogP contribution in [0, 0.1) is 0 Å². The molecule has 1 amide bonds. The smallest absolute Gasteiger partial charge is 0.260 e. The topological polar surface area (TPSA) is 80.6 Å². The van der Waals surface area contributed by atoms with Gasteiger partial charge in [-0.3, -0.25) is 4.79 Å². The molecule has 1 saturated heterocycles. The third kappa shape index (κ3) is 4.36. The Morgan fingerprint density at radius 1 is 1.36 bits per heavy atom. The van der Waals surface area contributed by atoms with Gasteiger partial charge in [0.15, 0.2) is 18.1 Å². The van der Waals surface area contributed by atoms with Crippen molar-refractivity contribution in [3.05, 3.63) is 23.8 Å². The van der Waals surface area contributed by atoms with E-state index in [1.165, 1.54) is 6.21 Å². The lowest BCUT2D eigenvalue weighted by Gasteiger charge is -2.26. The van der Waals surface area contributed by atoms with E-state index >= 15 is 0 Å². The normalized spacial score (nSPS) is 15.0. The van der Waals surface area contributed by atoms with E-state index in [2.05, 4.69) is 5.16 Å². The molecule has 0 saturated carbocycles. The number of ether oxygens (including phenoxy) is 3. The van der Waals surface area contributed by atoms with E-state index in [9.17, 15) is 4.79 Å². The molecule has 0 spiro atoms. The van der Waals surface area contributed by atoms with Crippen LogP contribution >= 0.6 is 0 Å². The summed E-state index contributed by atoms with van der Waals surface area (Å²) in [4.78, 5) is 13.8. The lowest BCUT2D eigenvalue weighted by atomic mass is 10.2. The Hall–Kier alpha value is -2.28. The van der Waals surface area contributed by atoms with Gasteiger partial charge in [-0.15, -0.1) is 0 Å². The van der Waals surface area contributed by atoms with Crippen LogP contribution in [0.3, 0.4) is 0 Å². The fourth-order valence-electron chi connectivity index (χ4n) is 2.10. The zero-order valence-corrected chi connectivity index (χ0v) is 12.5. The van der Waals surface area contributed by atoms with Crippen LogP contribution in [0.4, 0.5) is 0 Å². The van der Waals surface area contributed by atoms with Gasteiger partial charge in [-0.25, -0.2) is 0 Å². The van der Waals surface area contributed by atoms with E-state index in [0.29, 0.717) is 50.0 Å². The van der Waals surface area contributed by atoms with Gasteiger partial charge in [0.2, 0.25) is 0 Å². The van der Waals surface area contributed by atoms with Gasteiger partial charge in [-0.1, -0.05) is 5.16 Å². The third-order valence-corrected chi connectivity index (χ3v) is 3.19. The number of hydrogen-bond donors (Lipinski definition) is 1. The van der Waals surface area contributed by atoms with E-state index in [0.717, 1.165) is 0 Å². The first kappa shape index (κ1) is 16.1. The second-order valence-electron chi connectivity index (χ2n) is 4.67. The van der Waals surface area contributed by atoms with Gasteiger partial charge in [0, 0.05) is 18.7 Å². The van der Waals surface area contributed by atoms with Crippen LogP contribution in [0.2, 0.25) is 0 Å². The molecule has 7 heteroatoms. The fraction of sp³-hybridized carbons (Fsp3) is 0.467. The molecule has 120 valence electrons. The summed E-state index contributed by atoms with van der Waals surface area (Å²) in [6, 6.07) is 5.10. The maximum atomic E-state index is 12.1. The number of hydrogen-bond acceptors (Lipinski definition) is 6. The molecule has 1 aromatic rings. The first-order chi connectivity index (χ1) is 10.7. The average Bonchev–Trinajstić information content (AvgIpc) is 2.55. The summed E-state index contributed by atoms with van der Waals surface area (Å²) in [7, 11) is 0. The largest absolute Gasteiger partial charge is 0.490 e. The van der Waals surface area contributed by atoms with E-state index < -0.39 is 0 Å². The first-order valence-corrected chi connectivity index (χ1v) is 7.17. The molecule has 0 bridgehead atoms. The van der Waals surface area contributed by atoms with E-state index in [1.54, 1.807) is 23.1 Å². The van der Waals surface area contributed by atoms with Crippen molar-refractivity contribution in [1.29, 1.82) is 0 Å². The van der Waals surface area contributed by atoms with Crippen LogP contribution < -0.4 is 9.47 Å². The van der Waals surface area contributed by atoms with Crippen molar-refractivity contribution in [2.24, 2.45) is 5.16 Å². The van der Waals surface area contributed by atoms with Crippen LogP contribution in [0.15, 0.2) is 23.4 Å². The highest BCUT2D eigenvalue weighted by Gasteiger charge is 2.18. The summed E-state index contributed by atoms with van der Waals surface area (Å²) < 4.78 is 16.3. The van der Waals surface area contributed by atoms with E-state index in [4.69, 9.17) is 19.4 Å². The van der Waals surface area contributed by atoms with Gasteiger partial charge in [0.25, 0.3) is 5.91 Å². The molecule has 1 fully saturated rings. The number of morpholine rings is 1. The Kier molecular flexibility index (Phi) is 6.02. The molecule has 0 aromatic heterocycles. The molecule has 0 radical (unpaired) electrons. The lowest BCUT2D eigenvalue weighted by molar-refractivity contribution is -0.137. The van der Waals surface area contributed by atoms with Crippen LogP contribution in [0.1, 0.15) is 12.5 Å². The summed E-state index contributed by atoms with van der Waals surface area (Å²) in [6.45, 7) is 4.57. The van der Waals surface area contributed by atoms with Gasteiger partial charge in [0.1, 0.15) is 0 Å². The van der Waals surface area contributed by atoms with Crippen LogP contribution in [0.25, 0.3) is 0 Å². The maximum absolute atomic E-state index is 12.1. The van der Waals surface area contributed by atoms with Crippen molar-refractivity contribution in [1.82, 2.24) is 4.90 Å². The molecule has 0 unspecified atom stereocenters. The minimum absolute atomic E-state index is 0.0481. The molecular weight excluding hydrogens is 288 g/mol. The minimum atomic E-state index is -0.0771. The number of carbonyl (C=O) groups excluding carboxylic acids is 1. The molecule has 1 N–H and O–H groups in total. The number of rotatable bonds is 6. The molecule has 2 rings (SSSR count). The number of carbonyl (C=O) groups is 1. The quantitative estimate of drug-likeness (QED) is 0.484. The van der Waals surface area contributed by atoms with Crippen molar-refractivity contribution < 1.29 is 24.2 Å². The van der Waals surface area contributed by atoms with E-state index in [1.807, 2.05) is 6.92 Å². The molecule has 1 aliphatic rings. The molecule has 1 aromatic carbocycles. The standard InChI is InChI=1S/C15H20N2O5/c1-2-21-14-9-12(10-16-19)3-4-13(14)22-11-15(18)17-5-7-20-8-6-17/h3-4,9-10,19H,2,5-8,11H2,1H3/b16-10+. The van der Waals surface area contributed by atoms with Crippen molar-refractivity contribution in [3.8, 4) is 11.5 Å². The Morgan fingerprint density at radius 3 is 2.82 bits per heavy atom. The van der Waals surface area contributed by atoms with Crippen LogP contribution in [-0.4, -0.2) is 61.7 Å². The van der Waals surface area contributed by atoms with Gasteiger partial charge in [-0.2, -0.15) is 0 Å². The Balaban J connectivity index is 2.00. The molecule has 1 aliphatic heterocycles. The highest BCUT2D eigenvalue weighted by Crippen LogP contribution is 2.28. The zero-order valence-electron chi connectivity index (χ0n) is 12.5. The second kappa shape index (κ2) is 8.23. The molecule has 1 heterocycles. The van der Waals surface area contributed by atoms with Crippen LogP contribution in [0.5, 0.6) is 11.5 Å². The Morgan fingerprint density at radius 2 is 2.14 bits per heavy atom. The van der Waals surface area contributed by atoms with Gasteiger partial charge >= 0.3 is 0 Å². The van der Waals surface area contributed by atoms with Crippen molar-refractivity contribution in [2.75, 3.05) is 39.5 Å². The van der Waals surface area contributed by atoms with Crippen molar-refractivity contribution in [2.45, 2.75) is 6.92 Å². The maximum Gasteiger partial charge on any atom is 0.260 e. The zero-order chi connectivity index (χ0) is 15.8.